The van der Waals surface area contributed by atoms with Crippen LogP contribution in [0, 0.1) is 20.7 Å². The lowest BCUT2D eigenvalue weighted by Gasteiger charge is -2.12. The van der Waals surface area contributed by atoms with Gasteiger partial charge in [-0.25, -0.2) is 9.55 Å². The molecule has 0 radical (unpaired) electrons. The molecule has 0 N–H and O–H groups in total. The van der Waals surface area contributed by atoms with Crippen LogP contribution in [0.5, 0.6) is 0 Å². The molecule has 0 unspecified atom stereocenters. The topological polar surface area (TPSA) is 21.7 Å². The average molecular weight is 343 g/mol. The first-order chi connectivity index (χ1) is 13.8. The molecule has 0 spiro atoms. The molecule has 1 aliphatic heterocycles. The first-order valence-electron chi connectivity index (χ1n) is 10.4. The van der Waals surface area contributed by atoms with E-state index in [1.165, 1.54) is 16.7 Å². The van der Waals surface area contributed by atoms with E-state index in [1.54, 1.807) is 6.20 Å². The Morgan fingerprint density at radius 2 is 1.92 bits per heavy atom. The minimum atomic E-state index is -2.12. The minimum absolute atomic E-state index is 0.396. The van der Waals surface area contributed by atoms with E-state index >= 15 is 0 Å². The predicted molar refractivity (Wildman–Crippen MR) is 105 cm³/mol. The molecule has 0 atom stereocenters. The molecule has 3 nitrogen and oxygen atoms in total. The molecule has 5 rings (SSSR count). The summed E-state index contributed by atoms with van der Waals surface area (Å²) in [5, 5.41) is 0. The Hall–Kier alpha value is -2.94. The molecular formula is C23H22N3+. The number of hydrogen-bond acceptors (Lipinski definition) is 1. The van der Waals surface area contributed by atoms with Crippen molar-refractivity contribution < 1.29 is 8.68 Å². The normalized spacial score (nSPS) is 14.7. The van der Waals surface area contributed by atoms with Gasteiger partial charge in [0.25, 0.3) is 0 Å². The zero-order valence-electron chi connectivity index (χ0n) is 18.2. The number of nitrogens with zero attached hydrogens (tertiary/aromatic N) is 3. The van der Waals surface area contributed by atoms with Gasteiger partial charge in [0, 0.05) is 22.2 Å². The second-order valence-electron chi connectivity index (χ2n) is 7.15. The lowest BCUT2D eigenvalue weighted by atomic mass is 9.94. The van der Waals surface area contributed by atoms with E-state index in [-0.39, 0.29) is 0 Å². The number of fused-ring (bicyclic) bond motifs is 5. The highest BCUT2D eigenvalue weighted by Crippen LogP contribution is 2.38. The second kappa shape index (κ2) is 5.28. The van der Waals surface area contributed by atoms with Crippen molar-refractivity contribution in [2.45, 2.75) is 27.1 Å². The summed E-state index contributed by atoms with van der Waals surface area (Å²) in [4.78, 5) is 4.84. The molecule has 26 heavy (non-hydrogen) atoms. The highest BCUT2D eigenvalue weighted by molar-refractivity contribution is 5.83. The quantitative estimate of drug-likeness (QED) is 0.415. The Morgan fingerprint density at radius 1 is 1.08 bits per heavy atom. The fourth-order valence-electron chi connectivity index (χ4n) is 4.12. The molecular weight excluding hydrogens is 318 g/mol. The van der Waals surface area contributed by atoms with Crippen molar-refractivity contribution in [3.63, 3.8) is 0 Å². The van der Waals surface area contributed by atoms with Gasteiger partial charge in [-0.15, -0.1) is 0 Å². The van der Waals surface area contributed by atoms with Gasteiger partial charge in [0.05, 0.1) is 22.3 Å². The Morgan fingerprint density at radius 3 is 2.77 bits per heavy atom. The third-order valence-electron chi connectivity index (χ3n) is 5.44. The number of aryl methyl sites for hydroxylation is 4. The summed E-state index contributed by atoms with van der Waals surface area (Å²) in [5.74, 6) is 1.05. The van der Waals surface area contributed by atoms with Gasteiger partial charge < -0.3 is 0 Å². The van der Waals surface area contributed by atoms with E-state index in [4.69, 9.17) is 9.10 Å². The number of benzene rings is 2. The number of hydrogen-bond donors (Lipinski definition) is 0. The van der Waals surface area contributed by atoms with Crippen molar-refractivity contribution in [3.05, 3.63) is 76.7 Å². The molecule has 2 aromatic carbocycles. The Bertz CT molecular complexity index is 1300. The van der Waals surface area contributed by atoms with Gasteiger partial charge in [0.1, 0.15) is 12.9 Å². The number of para-hydroxylation sites is 2. The van der Waals surface area contributed by atoms with Crippen LogP contribution in [0.1, 0.15) is 32.2 Å². The molecule has 0 saturated heterocycles. The molecule has 3 heteroatoms. The van der Waals surface area contributed by atoms with Gasteiger partial charge in [-0.1, -0.05) is 18.2 Å². The number of aromatic nitrogens is 3. The van der Waals surface area contributed by atoms with E-state index in [0.717, 1.165) is 40.2 Å². The van der Waals surface area contributed by atoms with E-state index < -0.39 is 6.85 Å². The van der Waals surface area contributed by atoms with Crippen LogP contribution in [0.3, 0.4) is 0 Å². The van der Waals surface area contributed by atoms with Gasteiger partial charge in [0.2, 0.25) is 5.69 Å². The lowest BCUT2D eigenvalue weighted by molar-refractivity contribution is -0.660. The maximum Gasteiger partial charge on any atom is 0.213 e. The standard InChI is InChI=1S/C23H22N3/c1-14-9-10-19-17(23(14)21-11-15(2)16(3)13-25(21)4)12-22-24-18-7-5-6-8-20(18)26(19)22/h5-11,13H,12H2,1-4H3/q+1/i3D3. The summed E-state index contributed by atoms with van der Waals surface area (Å²) in [5.41, 5.74) is 9.09. The van der Waals surface area contributed by atoms with Crippen LogP contribution in [0.2, 0.25) is 0 Å². The summed E-state index contributed by atoms with van der Waals surface area (Å²) < 4.78 is 27.6. The fourth-order valence-corrected chi connectivity index (χ4v) is 4.12. The number of imidazole rings is 1. The van der Waals surface area contributed by atoms with Crippen molar-refractivity contribution in [2.24, 2.45) is 7.05 Å². The van der Waals surface area contributed by atoms with Gasteiger partial charge in [-0.3, -0.25) is 4.57 Å². The first kappa shape index (κ1) is 12.4. The fraction of sp³-hybridized carbons (Fsp3) is 0.217. The van der Waals surface area contributed by atoms with Crippen molar-refractivity contribution >= 4 is 11.0 Å². The van der Waals surface area contributed by atoms with Crippen molar-refractivity contribution in [2.75, 3.05) is 0 Å². The summed E-state index contributed by atoms with van der Waals surface area (Å²) >= 11 is 0. The second-order valence-corrected chi connectivity index (χ2v) is 7.15. The van der Waals surface area contributed by atoms with E-state index in [0.29, 0.717) is 5.56 Å². The van der Waals surface area contributed by atoms with Crippen molar-refractivity contribution in [3.8, 4) is 16.9 Å². The third-order valence-corrected chi connectivity index (χ3v) is 5.44. The largest absolute Gasteiger partial charge is 0.296 e. The van der Waals surface area contributed by atoms with Crippen molar-refractivity contribution in [1.82, 2.24) is 9.55 Å². The zero-order chi connectivity index (χ0) is 20.5. The van der Waals surface area contributed by atoms with Crippen LogP contribution in [0.25, 0.3) is 28.0 Å². The van der Waals surface area contributed by atoms with Crippen LogP contribution in [0.4, 0.5) is 0 Å². The molecule has 1 aliphatic rings. The van der Waals surface area contributed by atoms with E-state index in [2.05, 4.69) is 29.7 Å². The first-order valence-corrected chi connectivity index (χ1v) is 8.86. The third kappa shape index (κ3) is 2.00. The van der Waals surface area contributed by atoms with Crippen LogP contribution >= 0.6 is 0 Å². The number of rotatable bonds is 1. The molecule has 2 aromatic heterocycles. The summed E-state index contributed by atoms with van der Waals surface area (Å²) in [6.45, 7) is 1.87. The average Bonchev–Trinajstić information content (AvgIpc) is 3.18. The molecule has 0 bridgehead atoms. The Kier molecular flexibility index (Phi) is 2.52. The SMILES string of the molecule is [2H]C([2H])([2H])c1c[n+](C)c(-c2c(C)ccc3c2Cc2nc4ccccc4n2-3)cc1C. The molecule has 0 amide bonds. The zero-order valence-corrected chi connectivity index (χ0v) is 15.2. The summed E-state index contributed by atoms with van der Waals surface area (Å²) in [6, 6.07) is 14.5. The maximum atomic E-state index is 7.80. The Balaban J connectivity index is 1.75. The van der Waals surface area contributed by atoms with E-state index in [9.17, 15) is 0 Å². The Labute approximate surface area is 157 Å². The van der Waals surface area contributed by atoms with Gasteiger partial charge in [-0.05, 0) is 55.6 Å². The van der Waals surface area contributed by atoms with Crippen LogP contribution < -0.4 is 4.57 Å². The maximum absolute atomic E-state index is 7.80. The van der Waals surface area contributed by atoms with Crippen LogP contribution in [0.15, 0.2) is 48.7 Å². The van der Waals surface area contributed by atoms with E-state index in [1.807, 2.05) is 42.8 Å². The van der Waals surface area contributed by atoms with Gasteiger partial charge >= 0.3 is 0 Å². The van der Waals surface area contributed by atoms with Crippen LogP contribution in [-0.2, 0) is 13.5 Å². The van der Waals surface area contributed by atoms with Gasteiger partial charge in [-0.2, -0.15) is 0 Å². The minimum Gasteiger partial charge on any atom is -0.296 e. The molecule has 128 valence electrons. The molecule has 0 fully saturated rings. The monoisotopic (exact) mass is 343 g/mol. The highest BCUT2D eigenvalue weighted by atomic mass is 15.1. The highest BCUT2D eigenvalue weighted by Gasteiger charge is 2.28. The smallest absolute Gasteiger partial charge is 0.213 e. The molecule has 4 aromatic rings. The molecule has 0 saturated carbocycles. The lowest BCUT2D eigenvalue weighted by Crippen LogP contribution is -2.32. The number of pyridine rings is 1. The van der Waals surface area contributed by atoms with Gasteiger partial charge in [0.15, 0.2) is 6.20 Å². The van der Waals surface area contributed by atoms with Crippen molar-refractivity contribution in [1.29, 1.82) is 0 Å². The van der Waals surface area contributed by atoms with Crippen LogP contribution in [-0.4, -0.2) is 9.55 Å². The predicted octanol–water partition coefficient (Wildman–Crippen LogP) is 4.35. The summed E-state index contributed by atoms with van der Waals surface area (Å²) in [6.07, 6.45) is 2.51. The summed E-state index contributed by atoms with van der Waals surface area (Å²) in [7, 11) is 1.92. The molecule has 3 heterocycles. The molecule has 0 aliphatic carbocycles.